The van der Waals surface area contributed by atoms with Gasteiger partial charge >= 0.3 is 0 Å². The van der Waals surface area contributed by atoms with Crippen LogP contribution in [-0.2, 0) is 16.1 Å². The summed E-state index contributed by atoms with van der Waals surface area (Å²) in [6.07, 6.45) is 1.69. The number of nitrogens with one attached hydrogen (secondary N) is 2. The molecule has 1 saturated heterocycles. The van der Waals surface area contributed by atoms with E-state index in [4.69, 9.17) is 0 Å². The largest absolute Gasteiger partial charge is 0.352 e. The number of hydrogen-bond acceptors (Lipinski definition) is 3. The molecule has 1 fully saturated rings. The van der Waals surface area contributed by atoms with E-state index in [9.17, 15) is 14.4 Å². The van der Waals surface area contributed by atoms with Crippen molar-refractivity contribution in [2.24, 2.45) is 0 Å². The van der Waals surface area contributed by atoms with Crippen molar-refractivity contribution in [3.63, 3.8) is 0 Å². The third kappa shape index (κ3) is 5.28. The average molecular weight is 415 g/mol. The third-order valence-electron chi connectivity index (χ3n) is 5.40. The smallest absolute Gasteiger partial charge is 0.251 e. The number of carbonyl (C=O) groups excluding carboxylic acids is 3. The summed E-state index contributed by atoms with van der Waals surface area (Å²) in [6, 6.07) is 20.9. The number of hydrogen-bond donors (Lipinski definition) is 2. The van der Waals surface area contributed by atoms with Gasteiger partial charge in [0, 0.05) is 43.7 Å². The lowest BCUT2D eigenvalue weighted by Crippen LogP contribution is -2.27. The second kappa shape index (κ2) is 9.43. The first-order valence-electron chi connectivity index (χ1n) is 10.5. The predicted octanol–water partition coefficient (Wildman–Crippen LogP) is 3.72. The van der Waals surface area contributed by atoms with E-state index in [0.717, 1.165) is 29.3 Å². The van der Waals surface area contributed by atoms with Gasteiger partial charge in [-0.05, 0) is 47.0 Å². The van der Waals surface area contributed by atoms with E-state index in [2.05, 4.69) is 10.6 Å². The average Bonchev–Trinajstić information content (AvgIpc) is 3.17. The fourth-order valence-electron chi connectivity index (χ4n) is 3.78. The Kier molecular flexibility index (Phi) is 6.26. The Morgan fingerprint density at radius 1 is 0.935 bits per heavy atom. The van der Waals surface area contributed by atoms with Gasteiger partial charge in [-0.25, -0.2) is 0 Å². The second-order valence-electron chi connectivity index (χ2n) is 7.74. The van der Waals surface area contributed by atoms with Gasteiger partial charge in [-0.3, -0.25) is 14.4 Å². The predicted molar refractivity (Wildman–Crippen MR) is 121 cm³/mol. The Hall–Kier alpha value is -3.67. The summed E-state index contributed by atoms with van der Waals surface area (Å²) in [5.74, 6) is -0.194. The molecule has 0 atom stereocenters. The number of likely N-dealkylation sites (tertiary alicyclic amines) is 1. The zero-order valence-electron chi connectivity index (χ0n) is 17.3. The van der Waals surface area contributed by atoms with Crippen LogP contribution in [0.15, 0.2) is 66.7 Å². The molecule has 2 N–H and O–H groups in total. The van der Waals surface area contributed by atoms with Crippen molar-refractivity contribution < 1.29 is 14.4 Å². The van der Waals surface area contributed by atoms with E-state index in [1.165, 1.54) is 0 Å². The van der Waals surface area contributed by atoms with Crippen LogP contribution in [0.1, 0.15) is 35.2 Å². The molecule has 1 heterocycles. The van der Waals surface area contributed by atoms with Gasteiger partial charge < -0.3 is 15.5 Å². The maximum absolute atomic E-state index is 12.4. The minimum atomic E-state index is -0.198. The second-order valence-corrected chi connectivity index (χ2v) is 7.74. The monoisotopic (exact) mass is 415 g/mol. The SMILES string of the molecule is O=C(CCNC(=O)c1ccc2ccccc2c1)Nc1cccc(CN2CCCC2=O)c1. The number of carbonyl (C=O) groups is 3. The van der Waals surface area contributed by atoms with E-state index < -0.39 is 0 Å². The number of rotatable bonds is 7. The van der Waals surface area contributed by atoms with Crippen LogP contribution in [0.2, 0.25) is 0 Å². The Labute approximate surface area is 181 Å². The van der Waals surface area contributed by atoms with E-state index in [-0.39, 0.29) is 30.7 Å². The number of anilines is 1. The van der Waals surface area contributed by atoms with Gasteiger partial charge in [-0.15, -0.1) is 0 Å². The Morgan fingerprint density at radius 3 is 2.58 bits per heavy atom. The number of nitrogens with zero attached hydrogens (tertiary/aromatic N) is 1. The van der Waals surface area contributed by atoms with Crippen molar-refractivity contribution >= 4 is 34.2 Å². The Bertz CT molecular complexity index is 1130. The number of amides is 3. The molecule has 3 aromatic rings. The highest BCUT2D eigenvalue weighted by Gasteiger charge is 2.20. The van der Waals surface area contributed by atoms with Gasteiger partial charge in [0.15, 0.2) is 0 Å². The van der Waals surface area contributed by atoms with Crippen LogP contribution in [-0.4, -0.2) is 35.7 Å². The summed E-state index contributed by atoms with van der Waals surface area (Å²) >= 11 is 0. The highest BCUT2D eigenvalue weighted by atomic mass is 16.2. The molecular weight excluding hydrogens is 390 g/mol. The highest BCUT2D eigenvalue weighted by molar-refractivity contribution is 5.99. The standard InChI is InChI=1S/C25H25N3O3/c29-23(27-22-8-3-5-18(15-22)17-28-14-4-9-24(28)30)12-13-26-25(31)21-11-10-19-6-1-2-7-20(19)16-21/h1-3,5-8,10-11,15-16H,4,9,12-14,17H2,(H,26,31)(H,27,29). The summed E-state index contributed by atoms with van der Waals surface area (Å²) in [7, 11) is 0. The van der Waals surface area contributed by atoms with Crippen LogP contribution < -0.4 is 10.6 Å². The summed E-state index contributed by atoms with van der Waals surface area (Å²) in [5, 5.41) is 7.74. The van der Waals surface area contributed by atoms with Crippen molar-refractivity contribution in [3.8, 4) is 0 Å². The van der Waals surface area contributed by atoms with E-state index in [1.54, 1.807) is 6.07 Å². The minimum Gasteiger partial charge on any atom is -0.352 e. The van der Waals surface area contributed by atoms with E-state index in [0.29, 0.717) is 24.2 Å². The van der Waals surface area contributed by atoms with Gasteiger partial charge in [-0.1, -0.05) is 42.5 Å². The van der Waals surface area contributed by atoms with Crippen molar-refractivity contribution in [1.82, 2.24) is 10.2 Å². The van der Waals surface area contributed by atoms with Gasteiger partial charge in [0.2, 0.25) is 11.8 Å². The summed E-state index contributed by atoms with van der Waals surface area (Å²) in [4.78, 5) is 38.3. The molecule has 0 spiro atoms. The lowest BCUT2D eigenvalue weighted by molar-refractivity contribution is -0.128. The van der Waals surface area contributed by atoms with Crippen molar-refractivity contribution in [1.29, 1.82) is 0 Å². The van der Waals surface area contributed by atoms with Crippen LogP contribution in [0.25, 0.3) is 10.8 Å². The molecule has 6 nitrogen and oxygen atoms in total. The summed E-state index contributed by atoms with van der Waals surface area (Å²) in [6.45, 7) is 1.59. The van der Waals surface area contributed by atoms with Gasteiger partial charge in [0.25, 0.3) is 5.91 Å². The van der Waals surface area contributed by atoms with Crippen molar-refractivity contribution in [2.75, 3.05) is 18.4 Å². The van der Waals surface area contributed by atoms with Gasteiger partial charge in [0.05, 0.1) is 0 Å². The lowest BCUT2D eigenvalue weighted by Gasteiger charge is -2.16. The van der Waals surface area contributed by atoms with E-state index >= 15 is 0 Å². The molecule has 6 heteroatoms. The molecule has 0 bridgehead atoms. The maximum Gasteiger partial charge on any atom is 0.251 e. The molecule has 3 amide bonds. The van der Waals surface area contributed by atoms with Gasteiger partial charge in [-0.2, -0.15) is 0 Å². The topological polar surface area (TPSA) is 78.5 Å². The molecule has 0 saturated carbocycles. The van der Waals surface area contributed by atoms with Crippen molar-refractivity contribution in [3.05, 3.63) is 77.9 Å². The molecule has 1 aliphatic heterocycles. The first kappa shape index (κ1) is 20.6. The van der Waals surface area contributed by atoms with Crippen LogP contribution in [0, 0.1) is 0 Å². The minimum absolute atomic E-state index is 0.173. The number of benzene rings is 3. The summed E-state index contributed by atoms with van der Waals surface area (Å²) < 4.78 is 0. The van der Waals surface area contributed by atoms with E-state index in [1.807, 2.05) is 65.6 Å². The van der Waals surface area contributed by atoms with Crippen molar-refractivity contribution in [2.45, 2.75) is 25.8 Å². The first-order valence-corrected chi connectivity index (χ1v) is 10.5. The third-order valence-corrected chi connectivity index (χ3v) is 5.40. The molecule has 0 aliphatic carbocycles. The zero-order chi connectivity index (χ0) is 21.6. The number of fused-ring (bicyclic) bond motifs is 1. The van der Waals surface area contributed by atoms with Crippen LogP contribution >= 0.6 is 0 Å². The molecule has 1 aliphatic rings. The Balaban J connectivity index is 1.26. The molecular formula is C25H25N3O3. The highest BCUT2D eigenvalue weighted by Crippen LogP contribution is 2.18. The lowest BCUT2D eigenvalue weighted by atomic mass is 10.1. The van der Waals surface area contributed by atoms with Crippen LogP contribution in [0.3, 0.4) is 0 Å². The molecule has 31 heavy (non-hydrogen) atoms. The van der Waals surface area contributed by atoms with Gasteiger partial charge in [0.1, 0.15) is 0 Å². The van der Waals surface area contributed by atoms with Crippen LogP contribution in [0.4, 0.5) is 5.69 Å². The summed E-state index contributed by atoms with van der Waals surface area (Å²) in [5.41, 5.74) is 2.25. The van der Waals surface area contributed by atoms with Crippen LogP contribution in [0.5, 0.6) is 0 Å². The molecule has 0 unspecified atom stereocenters. The zero-order valence-corrected chi connectivity index (χ0v) is 17.3. The normalized spacial score (nSPS) is 13.4. The quantitative estimate of drug-likeness (QED) is 0.617. The first-order chi connectivity index (χ1) is 15.1. The Morgan fingerprint density at radius 2 is 1.77 bits per heavy atom. The molecule has 0 radical (unpaired) electrons. The molecule has 3 aromatic carbocycles. The fourth-order valence-corrected chi connectivity index (χ4v) is 3.78. The molecule has 158 valence electrons. The molecule has 4 rings (SSSR count). The molecule has 0 aromatic heterocycles. The fraction of sp³-hybridized carbons (Fsp3) is 0.240. The maximum atomic E-state index is 12.4.